The van der Waals surface area contributed by atoms with E-state index in [0.717, 1.165) is 5.69 Å². The summed E-state index contributed by atoms with van der Waals surface area (Å²) in [4.78, 5) is 22.8. The Hall–Kier alpha value is -2.60. The molecule has 5 N–H and O–H groups in total. The number of hydrogen-bond acceptors (Lipinski definition) is 9. The van der Waals surface area contributed by atoms with Crippen LogP contribution in [-0.4, -0.2) is 40.3 Å². The molecule has 0 aliphatic carbocycles. The average molecular weight is 383 g/mol. The van der Waals surface area contributed by atoms with Crippen LogP contribution in [0.2, 0.25) is 0 Å². The van der Waals surface area contributed by atoms with E-state index >= 15 is 0 Å². The summed E-state index contributed by atoms with van der Waals surface area (Å²) in [7, 11) is 1.46. The van der Waals surface area contributed by atoms with Gasteiger partial charge >= 0.3 is 5.69 Å². The molecule has 0 spiro atoms. The number of anilines is 1. The summed E-state index contributed by atoms with van der Waals surface area (Å²) in [6.45, 7) is 0.510. The van der Waals surface area contributed by atoms with Crippen molar-refractivity contribution in [1.82, 2.24) is 9.97 Å². The first kappa shape index (κ1) is 18.7. The number of pyridine rings is 1. The van der Waals surface area contributed by atoms with E-state index in [1.807, 2.05) is 5.38 Å². The van der Waals surface area contributed by atoms with Crippen molar-refractivity contribution in [2.45, 2.75) is 5.75 Å². The number of nitrogens with zero attached hydrogens (tertiary/aromatic N) is 4. The van der Waals surface area contributed by atoms with Crippen molar-refractivity contribution in [2.24, 2.45) is 16.5 Å². The number of aliphatic imine (C=N–C) groups is 1. The van der Waals surface area contributed by atoms with Gasteiger partial charge in [0.1, 0.15) is 0 Å². The quantitative estimate of drug-likeness (QED) is 0.193. The molecule has 0 saturated carbocycles. The van der Waals surface area contributed by atoms with Crippen molar-refractivity contribution in [3.8, 4) is 5.88 Å². The van der Waals surface area contributed by atoms with Crippen molar-refractivity contribution in [3.05, 3.63) is 33.3 Å². The Labute approximate surface area is 151 Å². The van der Waals surface area contributed by atoms with Crippen molar-refractivity contribution in [3.63, 3.8) is 0 Å². The SMILES string of the molecule is COc1ccc([N+](=O)[O-])c(NCCSCc2csc(N=C(N)N)n2)n1. The van der Waals surface area contributed by atoms with Gasteiger partial charge in [0, 0.05) is 35.6 Å². The third-order valence-electron chi connectivity index (χ3n) is 2.81. The number of aromatic nitrogens is 2. The van der Waals surface area contributed by atoms with Crippen LogP contribution in [0.5, 0.6) is 5.88 Å². The number of nitrogens with one attached hydrogen (secondary N) is 1. The first-order valence-corrected chi connectivity index (χ1v) is 9.08. The smallest absolute Gasteiger partial charge is 0.311 e. The number of rotatable bonds is 9. The van der Waals surface area contributed by atoms with E-state index in [1.54, 1.807) is 11.8 Å². The Balaban J connectivity index is 1.82. The van der Waals surface area contributed by atoms with Crippen LogP contribution in [-0.2, 0) is 5.75 Å². The monoisotopic (exact) mass is 383 g/mol. The minimum Gasteiger partial charge on any atom is -0.481 e. The number of ether oxygens (including phenoxy) is 1. The lowest BCUT2D eigenvalue weighted by Crippen LogP contribution is -2.21. The van der Waals surface area contributed by atoms with Crippen LogP contribution in [0.25, 0.3) is 0 Å². The van der Waals surface area contributed by atoms with Gasteiger partial charge in [-0.05, 0) is 0 Å². The molecule has 0 bridgehead atoms. The lowest BCUT2D eigenvalue weighted by Gasteiger charge is -2.07. The molecule has 2 heterocycles. The Morgan fingerprint density at radius 3 is 2.96 bits per heavy atom. The Morgan fingerprint density at radius 2 is 2.28 bits per heavy atom. The van der Waals surface area contributed by atoms with Crippen LogP contribution in [0.3, 0.4) is 0 Å². The average Bonchev–Trinajstić information content (AvgIpc) is 3.00. The van der Waals surface area contributed by atoms with Crippen LogP contribution in [0.15, 0.2) is 22.5 Å². The first-order chi connectivity index (χ1) is 12.0. The lowest BCUT2D eigenvalue weighted by molar-refractivity contribution is -0.384. The summed E-state index contributed by atoms with van der Waals surface area (Å²) >= 11 is 2.99. The largest absolute Gasteiger partial charge is 0.481 e. The second-order valence-corrected chi connectivity index (χ2v) is 6.56. The minimum absolute atomic E-state index is 0.0230. The molecular weight excluding hydrogens is 366 g/mol. The second kappa shape index (κ2) is 9.03. The standard InChI is InChI=1S/C13H17N7O3S2/c1-23-10-3-2-9(20(21)22)11(18-10)16-4-5-24-6-8-7-25-13(17-8)19-12(14)15/h2-3,7H,4-6H2,1H3,(H,16,18)(H4,14,15,17,19). The van der Waals surface area contributed by atoms with Gasteiger partial charge in [0.05, 0.1) is 17.7 Å². The van der Waals surface area contributed by atoms with Crippen LogP contribution in [0.4, 0.5) is 16.6 Å². The lowest BCUT2D eigenvalue weighted by atomic mass is 10.4. The zero-order chi connectivity index (χ0) is 18.2. The van der Waals surface area contributed by atoms with Crippen molar-refractivity contribution in [1.29, 1.82) is 0 Å². The predicted octanol–water partition coefficient (Wildman–Crippen LogP) is 1.71. The van der Waals surface area contributed by atoms with Gasteiger partial charge in [-0.2, -0.15) is 21.7 Å². The number of nitro groups is 1. The predicted molar refractivity (Wildman–Crippen MR) is 99.7 cm³/mol. The molecule has 2 aromatic rings. The van der Waals surface area contributed by atoms with E-state index in [4.69, 9.17) is 16.2 Å². The highest BCUT2D eigenvalue weighted by Gasteiger charge is 2.15. The topological polar surface area (TPSA) is 155 Å². The molecule has 0 unspecified atom stereocenters. The normalized spacial score (nSPS) is 10.3. The number of thioether (sulfide) groups is 1. The van der Waals surface area contributed by atoms with E-state index in [0.29, 0.717) is 29.1 Å². The molecule has 0 radical (unpaired) electrons. The van der Waals surface area contributed by atoms with Gasteiger partial charge < -0.3 is 21.5 Å². The molecule has 0 atom stereocenters. The van der Waals surface area contributed by atoms with Gasteiger partial charge in [-0.1, -0.05) is 0 Å². The summed E-state index contributed by atoms with van der Waals surface area (Å²) in [6, 6.07) is 2.82. The summed E-state index contributed by atoms with van der Waals surface area (Å²) < 4.78 is 4.99. The van der Waals surface area contributed by atoms with Crippen LogP contribution < -0.4 is 21.5 Å². The molecule has 0 amide bonds. The molecular formula is C13H17N7O3S2. The number of nitrogens with two attached hydrogens (primary N) is 2. The van der Waals surface area contributed by atoms with E-state index in [9.17, 15) is 10.1 Å². The van der Waals surface area contributed by atoms with Gasteiger partial charge in [-0.25, -0.2) is 4.98 Å². The van der Waals surface area contributed by atoms with Gasteiger partial charge in [-0.3, -0.25) is 10.1 Å². The fraction of sp³-hybridized carbons (Fsp3) is 0.308. The van der Waals surface area contributed by atoms with Crippen molar-refractivity contribution in [2.75, 3.05) is 24.7 Å². The third-order valence-corrected chi connectivity index (χ3v) is 4.58. The number of thiazole rings is 1. The molecule has 134 valence electrons. The van der Waals surface area contributed by atoms with Gasteiger partial charge in [0.2, 0.25) is 16.8 Å². The Morgan fingerprint density at radius 1 is 1.48 bits per heavy atom. The molecule has 2 aromatic heterocycles. The molecule has 0 saturated heterocycles. The molecule has 0 aliphatic heterocycles. The minimum atomic E-state index is -0.484. The fourth-order valence-corrected chi connectivity index (χ4v) is 3.33. The first-order valence-electron chi connectivity index (χ1n) is 7.04. The molecule has 25 heavy (non-hydrogen) atoms. The highest BCUT2D eigenvalue weighted by atomic mass is 32.2. The maximum atomic E-state index is 11.0. The Kier molecular flexibility index (Phi) is 6.77. The molecule has 10 nitrogen and oxygen atoms in total. The van der Waals surface area contributed by atoms with E-state index in [-0.39, 0.29) is 17.5 Å². The number of guanidine groups is 1. The Bertz CT molecular complexity index is 762. The van der Waals surface area contributed by atoms with E-state index in [2.05, 4.69) is 20.3 Å². The van der Waals surface area contributed by atoms with Gasteiger partial charge in [-0.15, -0.1) is 11.3 Å². The van der Waals surface area contributed by atoms with Crippen LogP contribution in [0, 0.1) is 10.1 Å². The zero-order valence-corrected chi connectivity index (χ0v) is 15.0. The highest BCUT2D eigenvalue weighted by molar-refractivity contribution is 7.98. The maximum absolute atomic E-state index is 11.0. The number of methoxy groups -OCH3 is 1. The molecule has 12 heteroatoms. The number of hydrogen-bond donors (Lipinski definition) is 3. The van der Waals surface area contributed by atoms with Crippen molar-refractivity contribution < 1.29 is 9.66 Å². The van der Waals surface area contributed by atoms with Crippen molar-refractivity contribution >= 4 is 45.7 Å². The molecule has 0 aromatic carbocycles. The summed E-state index contributed by atoms with van der Waals surface area (Å²) in [5.74, 6) is 1.88. The van der Waals surface area contributed by atoms with Crippen LogP contribution in [0.1, 0.15) is 5.69 Å². The highest BCUT2D eigenvalue weighted by Crippen LogP contribution is 2.25. The van der Waals surface area contributed by atoms with E-state index in [1.165, 1.54) is 30.6 Å². The van der Waals surface area contributed by atoms with Crippen LogP contribution >= 0.6 is 23.1 Å². The summed E-state index contributed by atoms with van der Waals surface area (Å²) in [5, 5.41) is 16.4. The zero-order valence-electron chi connectivity index (χ0n) is 13.3. The summed E-state index contributed by atoms with van der Waals surface area (Å²) in [5.41, 5.74) is 11.4. The second-order valence-electron chi connectivity index (χ2n) is 4.62. The molecule has 2 rings (SSSR count). The van der Waals surface area contributed by atoms with Gasteiger partial charge in [0.15, 0.2) is 5.96 Å². The molecule has 0 fully saturated rings. The van der Waals surface area contributed by atoms with Gasteiger partial charge in [0.25, 0.3) is 0 Å². The maximum Gasteiger partial charge on any atom is 0.311 e. The fourth-order valence-electron chi connectivity index (χ4n) is 1.77. The molecule has 0 aliphatic rings. The summed E-state index contributed by atoms with van der Waals surface area (Å²) in [6.07, 6.45) is 0. The van der Waals surface area contributed by atoms with E-state index < -0.39 is 4.92 Å². The third kappa shape index (κ3) is 5.76.